The Morgan fingerprint density at radius 3 is 2.58 bits per heavy atom. The summed E-state index contributed by atoms with van der Waals surface area (Å²) in [6.45, 7) is 1.86. The van der Waals surface area contributed by atoms with Gasteiger partial charge >= 0.3 is 0 Å². The molecule has 0 aliphatic carbocycles. The summed E-state index contributed by atoms with van der Waals surface area (Å²) in [6, 6.07) is 12.6. The molecular weight excluding hydrogens is 328 g/mol. The van der Waals surface area contributed by atoms with Crippen LogP contribution in [0.2, 0.25) is 5.02 Å². The van der Waals surface area contributed by atoms with Gasteiger partial charge in [-0.05, 0) is 30.7 Å². The monoisotopic (exact) mass is 346 g/mol. The van der Waals surface area contributed by atoms with Crippen LogP contribution in [0.3, 0.4) is 0 Å². The van der Waals surface area contributed by atoms with Gasteiger partial charge in [0.05, 0.1) is 25.1 Å². The number of carbonyl (C=O) groups is 2. The zero-order chi connectivity index (χ0) is 17.5. The highest BCUT2D eigenvalue weighted by Crippen LogP contribution is 2.27. The summed E-state index contributed by atoms with van der Waals surface area (Å²) < 4.78 is 5.05. The van der Waals surface area contributed by atoms with Crippen molar-refractivity contribution in [2.45, 2.75) is 13.3 Å². The van der Waals surface area contributed by atoms with E-state index < -0.39 is 0 Å². The Bertz CT molecular complexity index is 747. The molecule has 24 heavy (non-hydrogen) atoms. The first-order chi connectivity index (χ1) is 11.5. The molecule has 0 heterocycles. The Hall–Kier alpha value is -2.53. The Labute approximate surface area is 146 Å². The number of nitrogens with one attached hydrogen (secondary N) is 2. The fourth-order valence-corrected chi connectivity index (χ4v) is 2.46. The second-order valence-electron chi connectivity index (χ2n) is 5.34. The van der Waals surface area contributed by atoms with E-state index in [-0.39, 0.29) is 24.8 Å². The minimum Gasteiger partial charge on any atom is -0.495 e. The molecule has 6 heteroatoms. The molecule has 0 aromatic heterocycles. The van der Waals surface area contributed by atoms with E-state index in [4.69, 9.17) is 16.3 Å². The lowest BCUT2D eigenvalue weighted by molar-refractivity contribution is -0.123. The van der Waals surface area contributed by atoms with E-state index in [0.29, 0.717) is 16.5 Å². The largest absolute Gasteiger partial charge is 0.495 e. The molecule has 0 aliphatic rings. The zero-order valence-corrected chi connectivity index (χ0v) is 14.3. The molecule has 126 valence electrons. The number of halogens is 1. The lowest BCUT2D eigenvalue weighted by atomic mass is 10.1. The number of anilines is 1. The van der Waals surface area contributed by atoms with Gasteiger partial charge in [0.2, 0.25) is 11.8 Å². The third kappa shape index (κ3) is 5.28. The summed E-state index contributed by atoms with van der Waals surface area (Å²) in [7, 11) is 1.52. The average Bonchev–Trinajstić information content (AvgIpc) is 2.53. The van der Waals surface area contributed by atoms with E-state index in [1.54, 1.807) is 18.2 Å². The first kappa shape index (κ1) is 17.8. The third-order valence-corrected chi connectivity index (χ3v) is 3.62. The molecule has 2 rings (SSSR count). The highest BCUT2D eigenvalue weighted by Gasteiger charge is 2.08. The predicted molar refractivity (Wildman–Crippen MR) is 94.5 cm³/mol. The molecule has 5 nitrogen and oxygen atoms in total. The fourth-order valence-electron chi connectivity index (χ4n) is 2.20. The second-order valence-corrected chi connectivity index (χ2v) is 5.75. The van der Waals surface area contributed by atoms with Crippen LogP contribution in [0.4, 0.5) is 5.69 Å². The van der Waals surface area contributed by atoms with Gasteiger partial charge in [-0.25, -0.2) is 0 Å². The van der Waals surface area contributed by atoms with Crippen molar-refractivity contribution >= 4 is 29.1 Å². The summed E-state index contributed by atoms with van der Waals surface area (Å²) in [5.74, 6) is -0.00142. The molecule has 0 spiro atoms. The Balaban J connectivity index is 1.82. The minimum absolute atomic E-state index is 0.103. The standard InChI is InChI=1S/C18H19ClN2O3/c1-12-4-3-5-13(8-12)9-17(22)20-11-18(23)21-14-6-7-16(24-2)15(19)10-14/h3-8,10H,9,11H2,1-2H3,(H,20,22)(H,21,23). The number of amides is 2. The summed E-state index contributed by atoms with van der Waals surface area (Å²) in [6.07, 6.45) is 0.239. The van der Waals surface area contributed by atoms with Crippen LogP contribution in [0, 0.1) is 6.92 Å². The van der Waals surface area contributed by atoms with Crippen molar-refractivity contribution in [3.05, 3.63) is 58.6 Å². The van der Waals surface area contributed by atoms with Crippen molar-refractivity contribution in [1.29, 1.82) is 0 Å². The van der Waals surface area contributed by atoms with Crippen molar-refractivity contribution in [1.82, 2.24) is 5.32 Å². The maximum atomic E-state index is 11.9. The van der Waals surface area contributed by atoms with Gasteiger partial charge < -0.3 is 15.4 Å². The quantitative estimate of drug-likeness (QED) is 0.845. The summed E-state index contributed by atoms with van der Waals surface area (Å²) in [5.41, 5.74) is 2.54. The molecule has 0 unspecified atom stereocenters. The number of carbonyl (C=O) groups excluding carboxylic acids is 2. The van der Waals surface area contributed by atoms with Gasteiger partial charge in [-0.15, -0.1) is 0 Å². The van der Waals surface area contributed by atoms with Gasteiger partial charge in [0.15, 0.2) is 0 Å². The first-order valence-corrected chi connectivity index (χ1v) is 7.81. The van der Waals surface area contributed by atoms with Crippen LogP contribution >= 0.6 is 11.6 Å². The Morgan fingerprint density at radius 2 is 1.92 bits per heavy atom. The number of benzene rings is 2. The number of ether oxygens (including phenoxy) is 1. The maximum Gasteiger partial charge on any atom is 0.243 e. The molecule has 0 atom stereocenters. The molecule has 0 saturated heterocycles. The van der Waals surface area contributed by atoms with Gasteiger partial charge in [-0.3, -0.25) is 9.59 Å². The molecule has 0 fully saturated rings. The highest BCUT2D eigenvalue weighted by molar-refractivity contribution is 6.32. The van der Waals surface area contributed by atoms with Crippen molar-refractivity contribution in [2.75, 3.05) is 19.0 Å². The van der Waals surface area contributed by atoms with Crippen LogP contribution in [0.15, 0.2) is 42.5 Å². The first-order valence-electron chi connectivity index (χ1n) is 7.43. The van der Waals surface area contributed by atoms with Crippen molar-refractivity contribution in [3.8, 4) is 5.75 Å². The second kappa shape index (κ2) is 8.36. The highest BCUT2D eigenvalue weighted by atomic mass is 35.5. The number of aryl methyl sites for hydroxylation is 1. The zero-order valence-electron chi connectivity index (χ0n) is 13.6. The maximum absolute atomic E-state index is 11.9. The van der Waals surface area contributed by atoms with Gasteiger partial charge in [-0.2, -0.15) is 0 Å². The third-order valence-electron chi connectivity index (χ3n) is 3.33. The number of rotatable bonds is 6. The SMILES string of the molecule is COc1ccc(NC(=O)CNC(=O)Cc2cccc(C)c2)cc1Cl. The van der Waals surface area contributed by atoms with E-state index in [9.17, 15) is 9.59 Å². The van der Waals surface area contributed by atoms with E-state index in [2.05, 4.69) is 10.6 Å². The molecule has 2 N–H and O–H groups in total. The lowest BCUT2D eigenvalue weighted by Gasteiger charge is -2.09. The van der Waals surface area contributed by atoms with Crippen molar-refractivity contribution in [3.63, 3.8) is 0 Å². The number of hydrogen-bond acceptors (Lipinski definition) is 3. The molecule has 0 saturated carbocycles. The molecule has 0 bridgehead atoms. The van der Waals surface area contributed by atoms with E-state index in [1.165, 1.54) is 7.11 Å². The summed E-state index contributed by atoms with van der Waals surface area (Å²) >= 11 is 6.00. The fraction of sp³-hybridized carbons (Fsp3) is 0.222. The molecular formula is C18H19ClN2O3. The predicted octanol–water partition coefficient (Wildman–Crippen LogP) is 2.95. The van der Waals surface area contributed by atoms with Crippen LogP contribution in [0.1, 0.15) is 11.1 Å². The average molecular weight is 347 g/mol. The van der Waals surface area contributed by atoms with Gasteiger partial charge in [-0.1, -0.05) is 41.4 Å². The summed E-state index contributed by atoms with van der Waals surface area (Å²) in [5, 5.41) is 5.67. The van der Waals surface area contributed by atoms with Gasteiger partial charge in [0, 0.05) is 5.69 Å². The van der Waals surface area contributed by atoms with Crippen LogP contribution < -0.4 is 15.4 Å². The number of methoxy groups -OCH3 is 1. The molecule has 0 radical (unpaired) electrons. The van der Waals surface area contributed by atoms with E-state index >= 15 is 0 Å². The van der Waals surface area contributed by atoms with Gasteiger partial charge in [0.1, 0.15) is 5.75 Å². The molecule has 2 aromatic carbocycles. The van der Waals surface area contributed by atoms with Crippen molar-refractivity contribution in [2.24, 2.45) is 0 Å². The molecule has 2 aromatic rings. The molecule has 2 amide bonds. The number of hydrogen-bond donors (Lipinski definition) is 2. The van der Waals surface area contributed by atoms with Gasteiger partial charge in [0.25, 0.3) is 0 Å². The minimum atomic E-state index is -0.325. The topological polar surface area (TPSA) is 67.4 Å². The molecule has 0 aliphatic heterocycles. The normalized spacial score (nSPS) is 10.1. The Morgan fingerprint density at radius 1 is 1.12 bits per heavy atom. The van der Waals surface area contributed by atoms with Crippen LogP contribution in [-0.4, -0.2) is 25.5 Å². The Kier molecular flexibility index (Phi) is 6.21. The smallest absolute Gasteiger partial charge is 0.243 e. The van der Waals surface area contributed by atoms with Crippen LogP contribution in [-0.2, 0) is 16.0 Å². The van der Waals surface area contributed by atoms with Crippen molar-refractivity contribution < 1.29 is 14.3 Å². The lowest BCUT2D eigenvalue weighted by Crippen LogP contribution is -2.33. The van der Waals surface area contributed by atoms with Crippen LogP contribution in [0.5, 0.6) is 5.75 Å². The van der Waals surface area contributed by atoms with E-state index in [0.717, 1.165) is 11.1 Å². The van der Waals surface area contributed by atoms with Crippen LogP contribution in [0.25, 0.3) is 0 Å². The summed E-state index contributed by atoms with van der Waals surface area (Å²) in [4.78, 5) is 23.8. The van der Waals surface area contributed by atoms with E-state index in [1.807, 2.05) is 31.2 Å².